The number of piperidine rings is 1. The first-order valence-corrected chi connectivity index (χ1v) is 9.76. The third-order valence-corrected chi connectivity index (χ3v) is 5.08. The summed E-state index contributed by atoms with van der Waals surface area (Å²) in [5.74, 6) is -0.908. The fraction of sp³-hybridized carbons (Fsp3) is 0.450. The first kappa shape index (κ1) is 21.8. The average molecular weight is 423 g/mol. The molecule has 2 heterocycles. The van der Waals surface area contributed by atoms with Crippen molar-refractivity contribution in [3.8, 4) is 5.69 Å². The Hall–Kier alpha value is -2.88. The van der Waals surface area contributed by atoms with E-state index in [-0.39, 0.29) is 30.8 Å². The quantitative estimate of drug-likeness (QED) is 0.620. The summed E-state index contributed by atoms with van der Waals surface area (Å²) in [5.41, 5.74) is -1.41. The van der Waals surface area contributed by atoms with Crippen molar-refractivity contribution in [2.75, 3.05) is 26.2 Å². The summed E-state index contributed by atoms with van der Waals surface area (Å²) >= 11 is 0. The Morgan fingerprint density at radius 3 is 2.57 bits per heavy atom. The molecule has 7 nitrogen and oxygen atoms in total. The van der Waals surface area contributed by atoms with Crippen LogP contribution in [-0.2, 0) is 11.0 Å². The number of benzene rings is 1. The number of nitrogens with one attached hydrogen (secondary N) is 3. The molecule has 0 spiro atoms. The number of aromatic nitrogens is 2. The predicted molar refractivity (Wildman–Crippen MR) is 104 cm³/mol. The van der Waals surface area contributed by atoms with Gasteiger partial charge in [-0.3, -0.25) is 9.59 Å². The van der Waals surface area contributed by atoms with E-state index in [1.54, 1.807) is 30.3 Å². The smallest absolute Gasteiger partial charge is 0.354 e. The second-order valence-electron chi connectivity index (χ2n) is 7.29. The molecule has 1 fully saturated rings. The van der Waals surface area contributed by atoms with Crippen LogP contribution in [0.2, 0.25) is 0 Å². The van der Waals surface area contributed by atoms with Crippen LogP contribution in [0.1, 0.15) is 29.4 Å². The molecular formula is C20H24F3N5O2. The molecule has 162 valence electrons. The summed E-state index contributed by atoms with van der Waals surface area (Å²) in [6.45, 7) is 3.67. The highest BCUT2D eigenvalue weighted by atomic mass is 19.4. The summed E-state index contributed by atoms with van der Waals surface area (Å²) in [6, 6.07) is 8.23. The Labute approximate surface area is 172 Å². The van der Waals surface area contributed by atoms with E-state index in [1.165, 1.54) is 0 Å². The van der Waals surface area contributed by atoms with Crippen molar-refractivity contribution in [3.05, 3.63) is 47.8 Å². The van der Waals surface area contributed by atoms with E-state index in [4.69, 9.17) is 0 Å². The second kappa shape index (κ2) is 9.29. The van der Waals surface area contributed by atoms with Gasteiger partial charge in [0.15, 0.2) is 5.69 Å². The second-order valence-corrected chi connectivity index (χ2v) is 7.29. The third kappa shape index (κ3) is 5.18. The first-order chi connectivity index (χ1) is 14.3. The Balaban J connectivity index is 1.61. The number of carbonyl (C=O) groups excluding carboxylic acids is 2. The Morgan fingerprint density at radius 1 is 1.20 bits per heavy atom. The molecule has 2 aromatic rings. The van der Waals surface area contributed by atoms with Gasteiger partial charge in [0.25, 0.3) is 5.91 Å². The number of rotatable bonds is 6. The van der Waals surface area contributed by atoms with Crippen LogP contribution in [-0.4, -0.2) is 47.8 Å². The highest BCUT2D eigenvalue weighted by Crippen LogP contribution is 2.31. The van der Waals surface area contributed by atoms with Crippen LogP contribution in [0.3, 0.4) is 0 Å². The Bertz CT molecular complexity index is 882. The van der Waals surface area contributed by atoms with Crippen molar-refractivity contribution in [1.82, 2.24) is 25.7 Å². The minimum Gasteiger partial charge on any atom is -0.354 e. The lowest BCUT2D eigenvalue weighted by Gasteiger charge is -2.28. The molecule has 1 saturated heterocycles. The summed E-state index contributed by atoms with van der Waals surface area (Å²) in [4.78, 5) is 24.6. The molecule has 1 aliphatic rings. The lowest BCUT2D eigenvalue weighted by atomic mass is 9.87. The van der Waals surface area contributed by atoms with Crippen molar-refractivity contribution in [3.63, 3.8) is 0 Å². The number of carbonyl (C=O) groups is 2. The molecule has 3 N–H and O–H groups in total. The number of hydrogen-bond acceptors (Lipinski definition) is 4. The average Bonchev–Trinajstić information content (AvgIpc) is 3.18. The highest BCUT2D eigenvalue weighted by Gasteiger charge is 2.39. The molecule has 1 aromatic heterocycles. The van der Waals surface area contributed by atoms with Crippen LogP contribution < -0.4 is 16.0 Å². The number of hydrogen-bond donors (Lipinski definition) is 3. The maximum Gasteiger partial charge on any atom is 0.435 e. The van der Waals surface area contributed by atoms with Crippen LogP contribution in [0.15, 0.2) is 36.5 Å². The summed E-state index contributed by atoms with van der Waals surface area (Å²) in [7, 11) is 0. The van der Waals surface area contributed by atoms with Crippen molar-refractivity contribution in [2.45, 2.75) is 19.5 Å². The minimum atomic E-state index is -4.77. The monoisotopic (exact) mass is 423 g/mol. The molecule has 2 amide bonds. The van der Waals surface area contributed by atoms with Gasteiger partial charge in [-0.25, -0.2) is 4.68 Å². The molecular weight excluding hydrogens is 399 g/mol. The standard InChI is InChI=1S/C20H24F3N5O2/c1-13-11-24-8-7-15(13)18(29)25-9-10-26-19(30)16-12-28(14-5-3-2-4-6-14)27-17(16)20(21,22)23/h2-6,12-13,15,24H,7-11H2,1H3,(H,25,29)(H,26,30). The fourth-order valence-corrected chi connectivity index (χ4v) is 3.45. The van der Waals surface area contributed by atoms with E-state index in [9.17, 15) is 22.8 Å². The van der Waals surface area contributed by atoms with Gasteiger partial charge < -0.3 is 16.0 Å². The van der Waals surface area contributed by atoms with Crippen molar-refractivity contribution in [2.24, 2.45) is 11.8 Å². The lowest BCUT2D eigenvalue weighted by molar-refractivity contribution is -0.141. The van der Waals surface area contributed by atoms with E-state index in [0.29, 0.717) is 5.69 Å². The van der Waals surface area contributed by atoms with E-state index < -0.39 is 23.3 Å². The zero-order valence-electron chi connectivity index (χ0n) is 16.5. The number of nitrogens with zero attached hydrogens (tertiary/aromatic N) is 2. The van der Waals surface area contributed by atoms with Gasteiger partial charge in [0.05, 0.1) is 11.3 Å². The molecule has 3 rings (SSSR count). The molecule has 0 radical (unpaired) electrons. The first-order valence-electron chi connectivity index (χ1n) is 9.76. The van der Waals surface area contributed by atoms with Gasteiger partial charge in [0, 0.05) is 25.2 Å². The van der Waals surface area contributed by atoms with Crippen LogP contribution in [0.25, 0.3) is 5.69 Å². The molecule has 1 aliphatic heterocycles. The van der Waals surface area contributed by atoms with Gasteiger partial charge >= 0.3 is 6.18 Å². The number of amides is 2. The number of alkyl halides is 3. The van der Waals surface area contributed by atoms with Crippen LogP contribution in [0, 0.1) is 11.8 Å². The van der Waals surface area contributed by atoms with Gasteiger partial charge in [-0.15, -0.1) is 0 Å². The van der Waals surface area contributed by atoms with Gasteiger partial charge in [0.1, 0.15) is 0 Å². The molecule has 0 aliphatic carbocycles. The van der Waals surface area contributed by atoms with E-state index in [2.05, 4.69) is 21.0 Å². The van der Waals surface area contributed by atoms with Gasteiger partial charge in [-0.2, -0.15) is 18.3 Å². The number of halogens is 3. The molecule has 1 aromatic carbocycles. The SMILES string of the molecule is CC1CNCCC1C(=O)NCCNC(=O)c1cn(-c2ccccc2)nc1C(F)(F)F. The normalized spacial score (nSPS) is 19.3. The van der Waals surface area contributed by atoms with E-state index >= 15 is 0 Å². The number of para-hydroxylation sites is 1. The van der Waals surface area contributed by atoms with Crippen molar-refractivity contribution in [1.29, 1.82) is 0 Å². The van der Waals surface area contributed by atoms with Gasteiger partial charge in [0.2, 0.25) is 5.91 Å². The molecule has 30 heavy (non-hydrogen) atoms. The molecule has 0 saturated carbocycles. The van der Waals surface area contributed by atoms with Crippen LogP contribution in [0.4, 0.5) is 13.2 Å². The molecule has 2 unspecified atom stereocenters. The maximum atomic E-state index is 13.4. The topological polar surface area (TPSA) is 88.0 Å². The van der Waals surface area contributed by atoms with E-state index in [0.717, 1.165) is 30.4 Å². The van der Waals surface area contributed by atoms with E-state index in [1.807, 2.05) is 6.92 Å². The zero-order chi connectivity index (χ0) is 21.7. The summed E-state index contributed by atoms with van der Waals surface area (Å²) in [6.07, 6.45) is -2.98. The molecule has 0 bridgehead atoms. The fourth-order valence-electron chi connectivity index (χ4n) is 3.45. The maximum absolute atomic E-state index is 13.4. The Kier molecular flexibility index (Phi) is 6.76. The predicted octanol–water partition coefficient (Wildman–Crippen LogP) is 1.98. The zero-order valence-corrected chi connectivity index (χ0v) is 16.5. The molecule has 10 heteroatoms. The Morgan fingerprint density at radius 2 is 1.90 bits per heavy atom. The molecule has 2 atom stereocenters. The summed E-state index contributed by atoms with van der Waals surface area (Å²) < 4.78 is 41.1. The largest absolute Gasteiger partial charge is 0.435 e. The van der Waals surface area contributed by atoms with Gasteiger partial charge in [-0.05, 0) is 37.6 Å². The van der Waals surface area contributed by atoms with Crippen molar-refractivity contribution >= 4 is 11.8 Å². The summed E-state index contributed by atoms with van der Waals surface area (Å²) in [5, 5.41) is 11.9. The van der Waals surface area contributed by atoms with Crippen LogP contribution in [0.5, 0.6) is 0 Å². The van der Waals surface area contributed by atoms with Crippen LogP contribution >= 0.6 is 0 Å². The third-order valence-electron chi connectivity index (χ3n) is 5.08. The van der Waals surface area contributed by atoms with Crippen molar-refractivity contribution < 1.29 is 22.8 Å². The minimum absolute atomic E-state index is 0.0116. The lowest BCUT2D eigenvalue weighted by Crippen LogP contribution is -2.45. The highest BCUT2D eigenvalue weighted by molar-refractivity contribution is 5.95. The van der Waals surface area contributed by atoms with Gasteiger partial charge in [-0.1, -0.05) is 25.1 Å².